The number of aliphatic hydroxyl groups is 1. The minimum absolute atomic E-state index is 0.131. The summed E-state index contributed by atoms with van der Waals surface area (Å²) in [5.41, 5.74) is -0.131. The van der Waals surface area contributed by atoms with Gasteiger partial charge in [0.25, 0.3) is 0 Å². The molecule has 0 amide bonds. The summed E-state index contributed by atoms with van der Waals surface area (Å²) in [5, 5.41) is 13.2. The normalized spacial score (nSPS) is 23.1. The third-order valence-corrected chi connectivity index (χ3v) is 4.28. The first kappa shape index (κ1) is 13.1. The molecule has 1 fully saturated rings. The molecule has 0 aromatic carbocycles. The third kappa shape index (κ3) is 3.16. The van der Waals surface area contributed by atoms with Gasteiger partial charge in [0.2, 0.25) is 0 Å². The maximum Gasteiger partial charge on any atom is 0.122 e. The molecule has 2 N–H and O–H groups in total. The van der Waals surface area contributed by atoms with Crippen LogP contribution in [0.4, 0.5) is 0 Å². The molecule has 0 radical (unpaired) electrons. The Labute approximate surface area is 114 Å². The summed E-state index contributed by atoms with van der Waals surface area (Å²) in [4.78, 5) is 6.82. The van der Waals surface area contributed by atoms with Crippen LogP contribution < -0.4 is 5.32 Å². The quantitative estimate of drug-likeness (QED) is 0.790. The number of hydrogen-bond donors (Lipinski definition) is 2. The lowest BCUT2D eigenvalue weighted by atomic mass is 9.98. The summed E-state index contributed by atoms with van der Waals surface area (Å²) in [5.74, 6) is 1.16. The van der Waals surface area contributed by atoms with Gasteiger partial charge in [0.05, 0.1) is 13.2 Å². The van der Waals surface area contributed by atoms with Crippen molar-refractivity contribution in [3.05, 3.63) is 18.2 Å². The largest absolute Gasteiger partial charge is 0.394 e. The highest BCUT2D eigenvalue weighted by Crippen LogP contribution is 2.24. The van der Waals surface area contributed by atoms with Crippen molar-refractivity contribution in [1.82, 2.24) is 19.8 Å². The molecule has 2 heterocycles. The summed E-state index contributed by atoms with van der Waals surface area (Å²) >= 11 is 0. The van der Waals surface area contributed by atoms with Gasteiger partial charge in [-0.15, -0.1) is 0 Å². The average molecular weight is 264 g/mol. The molecule has 5 heteroatoms. The maximum atomic E-state index is 9.62. The molecule has 19 heavy (non-hydrogen) atoms. The second-order valence-corrected chi connectivity index (χ2v) is 6.20. The molecule has 0 bridgehead atoms. The average Bonchev–Trinajstić information content (AvgIpc) is 3.10. The second kappa shape index (κ2) is 5.23. The van der Waals surface area contributed by atoms with Crippen LogP contribution in [0.5, 0.6) is 0 Å². The molecule has 2 aliphatic rings. The lowest BCUT2D eigenvalue weighted by Crippen LogP contribution is -2.49. The third-order valence-electron chi connectivity index (χ3n) is 4.28. The first-order valence-corrected chi connectivity index (χ1v) is 7.29. The Morgan fingerprint density at radius 1 is 1.47 bits per heavy atom. The van der Waals surface area contributed by atoms with Gasteiger partial charge in [-0.3, -0.25) is 4.90 Å². The Kier molecular flexibility index (Phi) is 3.60. The van der Waals surface area contributed by atoms with Crippen LogP contribution in [0.15, 0.2) is 12.4 Å². The molecule has 0 saturated heterocycles. The van der Waals surface area contributed by atoms with Crippen molar-refractivity contribution >= 4 is 0 Å². The Balaban J connectivity index is 1.51. The smallest absolute Gasteiger partial charge is 0.122 e. The molecule has 3 rings (SSSR count). The van der Waals surface area contributed by atoms with Gasteiger partial charge in [0.1, 0.15) is 5.82 Å². The number of nitrogens with zero attached hydrogens (tertiary/aromatic N) is 3. The van der Waals surface area contributed by atoms with Crippen LogP contribution in [0, 0.1) is 0 Å². The number of aliphatic hydroxyl groups excluding tert-OH is 1. The summed E-state index contributed by atoms with van der Waals surface area (Å²) in [6.45, 7) is 6.40. The monoisotopic (exact) mass is 264 g/mol. The number of rotatable bonds is 6. The molecule has 5 nitrogen and oxygen atoms in total. The molecule has 0 spiro atoms. The minimum Gasteiger partial charge on any atom is -0.394 e. The van der Waals surface area contributed by atoms with Crippen molar-refractivity contribution in [1.29, 1.82) is 0 Å². The fourth-order valence-electron chi connectivity index (χ4n) is 2.74. The predicted octanol–water partition coefficient (Wildman–Crippen LogP) is 0.592. The highest BCUT2D eigenvalue weighted by Gasteiger charge is 2.32. The first-order valence-electron chi connectivity index (χ1n) is 7.29. The van der Waals surface area contributed by atoms with E-state index in [0.29, 0.717) is 6.04 Å². The van der Waals surface area contributed by atoms with Crippen molar-refractivity contribution in [2.24, 2.45) is 0 Å². The molecule has 1 atom stereocenters. The lowest BCUT2D eigenvalue weighted by Gasteiger charge is -2.33. The number of imidazole rings is 1. The van der Waals surface area contributed by atoms with E-state index in [2.05, 4.69) is 32.9 Å². The van der Waals surface area contributed by atoms with E-state index in [9.17, 15) is 5.11 Å². The highest BCUT2D eigenvalue weighted by atomic mass is 16.3. The number of aromatic nitrogens is 2. The minimum atomic E-state index is -0.131. The molecular formula is C14H24N4O. The van der Waals surface area contributed by atoms with Crippen LogP contribution in [-0.2, 0) is 13.1 Å². The molecular weight excluding hydrogens is 240 g/mol. The molecule has 106 valence electrons. The Morgan fingerprint density at radius 2 is 2.32 bits per heavy atom. The molecule has 1 aliphatic carbocycles. The topological polar surface area (TPSA) is 53.3 Å². The van der Waals surface area contributed by atoms with E-state index in [-0.39, 0.29) is 12.1 Å². The fourth-order valence-corrected chi connectivity index (χ4v) is 2.74. The van der Waals surface area contributed by atoms with Gasteiger partial charge in [-0.2, -0.15) is 0 Å². The van der Waals surface area contributed by atoms with Gasteiger partial charge < -0.3 is 15.0 Å². The van der Waals surface area contributed by atoms with Gasteiger partial charge in [0.15, 0.2) is 0 Å². The van der Waals surface area contributed by atoms with Gasteiger partial charge >= 0.3 is 0 Å². The van der Waals surface area contributed by atoms with E-state index >= 15 is 0 Å². The number of hydrogen-bond acceptors (Lipinski definition) is 4. The first-order chi connectivity index (χ1) is 9.18. The van der Waals surface area contributed by atoms with Crippen molar-refractivity contribution in [3.63, 3.8) is 0 Å². The van der Waals surface area contributed by atoms with Crippen LogP contribution in [0.25, 0.3) is 0 Å². The zero-order valence-electron chi connectivity index (χ0n) is 11.7. The van der Waals surface area contributed by atoms with Gasteiger partial charge in [-0.1, -0.05) is 0 Å². The Bertz CT molecular complexity index is 429. The van der Waals surface area contributed by atoms with E-state index in [0.717, 1.165) is 38.4 Å². The van der Waals surface area contributed by atoms with E-state index < -0.39 is 0 Å². The molecule has 1 aromatic heterocycles. The molecule has 1 aromatic rings. The van der Waals surface area contributed by atoms with Crippen LogP contribution in [0.2, 0.25) is 0 Å². The van der Waals surface area contributed by atoms with Gasteiger partial charge in [-0.25, -0.2) is 4.98 Å². The number of fused-ring (bicyclic) bond motifs is 1. The van der Waals surface area contributed by atoms with E-state index in [4.69, 9.17) is 0 Å². The fraction of sp³-hybridized carbons (Fsp3) is 0.786. The van der Waals surface area contributed by atoms with Gasteiger partial charge in [0, 0.05) is 43.6 Å². The van der Waals surface area contributed by atoms with Crippen LogP contribution in [-0.4, -0.2) is 50.8 Å². The van der Waals surface area contributed by atoms with Crippen LogP contribution in [0.3, 0.4) is 0 Å². The second-order valence-electron chi connectivity index (χ2n) is 6.20. The standard InChI is InChI=1S/C14H24N4O/c1-14(11-19,16-12-2-3-12)4-6-17-8-9-18-7-5-15-13(18)10-17/h5,7,12,16,19H,2-4,6,8-11H2,1H3. The summed E-state index contributed by atoms with van der Waals surface area (Å²) in [6, 6.07) is 0.636. The molecule has 1 unspecified atom stereocenters. The SMILES string of the molecule is CC(CO)(CCN1CCn2ccnc2C1)NC1CC1. The Hall–Kier alpha value is -0.910. The lowest BCUT2D eigenvalue weighted by molar-refractivity contribution is 0.133. The molecule has 1 saturated carbocycles. The summed E-state index contributed by atoms with van der Waals surface area (Å²) in [7, 11) is 0. The number of nitrogens with one attached hydrogen (secondary N) is 1. The van der Waals surface area contributed by atoms with E-state index in [1.165, 1.54) is 12.8 Å². The van der Waals surface area contributed by atoms with Crippen LogP contribution >= 0.6 is 0 Å². The van der Waals surface area contributed by atoms with Crippen molar-refractivity contribution < 1.29 is 5.11 Å². The maximum absolute atomic E-state index is 9.62. The van der Waals surface area contributed by atoms with Crippen LogP contribution in [0.1, 0.15) is 32.0 Å². The van der Waals surface area contributed by atoms with E-state index in [1.807, 2.05) is 6.20 Å². The van der Waals surface area contributed by atoms with E-state index in [1.54, 1.807) is 0 Å². The summed E-state index contributed by atoms with van der Waals surface area (Å²) < 4.78 is 2.23. The highest BCUT2D eigenvalue weighted by molar-refractivity contribution is 4.97. The zero-order chi connectivity index (χ0) is 13.3. The van der Waals surface area contributed by atoms with Crippen molar-refractivity contribution in [2.75, 3.05) is 19.7 Å². The zero-order valence-corrected chi connectivity index (χ0v) is 11.7. The molecule has 1 aliphatic heterocycles. The van der Waals surface area contributed by atoms with Gasteiger partial charge in [-0.05, 0) is 26.2 Å². The van der Waals surface area contributed by atoms with Crippen molar-refractivity contribution in [3.8, 4) is 0 Å². The Morgan fingerprint density at radius 3 is 3.05 bits per heavy atom. The summed E-state index contributed by atoms with van der Waals surface area (Å²) in [6.07, 6.45) is 7.44. The predicted molar refractivity (Wildman–Crippen MR) is 73.8 cm³/mol. The van der Waals surface area contributed by atoms with Crippen molar-refractivity contribution in [2.45, 2.75) is 50.9 Å².